The maximum Gasteiger partial charge on any atom is 0.264 e. The first-order valence-corrected chi connectivity index (χ1v) is 3.96. The first-order chi connectivity index (χ1) is 3.98. The molecule has 0 aromatic heterocycles. The molecular formula is C5H7O3S+. The summed E-state index contributed by atoms with van der Waals surface area (Å²) in [5.74, 6) is -0.902. The summed E-state index contributed by atoms with van der Waals surface area (Å²) in [5.41, 5.74) is 0. The second-order valence-corrected chi connectivity index (χ2v) is 3.53. The lowest BCUT2D eigenvalue weighted by atomic mass is 10.5. The third kappa shape index (κ3) is 3.82. The van der Waals surface area contributed by atoms with Gasteiger partial charge in [0.05, 0.1) is 0 Å². The molecule has 0 aliphatic rings. The van der Waals surface area contributed by atoms with Crippen LogP contribution in [0.1, 0.15) is 6.92 Å². The van der Waals surface area contributed by atoms with E-state index in [1.54, 1.807) is 0 Å². The first kappa shape index (κ1) is 8.27. The van der Waals surface area contributed by atoms with E-state index in [9.17, 15) is 13.2 Å². The zero-order valence-corrected chi connectivity index (χ0v) is 5.81. The highest BCUT2D eigenvalue weighted by Crippen LogP contribution is 1.89. The predicted octanol–water partition coefficient (Wildman–Crippen LogP) is -0.0631. The van der Waals surface area contributed by atoms with Crippen molar-refractivity contribution in [2.24, 2.45) is 0 Å². The van der Waals surface area contributed by atoms with Crippen LogP contribution in [-0.4, -0.2) is 20.0 Å². The Labute approximate surface area is 54.3 Å². The molecule has 0 aromatic carbocycles. The summed E-state index contributed by atoms with van der Waals surface area (Å²) in [5, 5.41) is 0.536. The van der Waals surface area contributed by atoms with E-state index in [1.165, 1.54) is 6.92 Å². The standard InChI is InChI=1S/C5H7O3S/c1-3-9(7,8)4-5(2)6/h1,3H,4H2,2H3/q+1. The molecule has 50 valence electrons. The van der Waals surface area contributed by atoms with Crippen molar-refractivity contribution in [2.75, 3.05) is 5.75 Å². The molecule has 0 rings (SSSR count). The van der Waals surface area contributed by atoms with Gasteiger partial charge >= 0.3 is 0 Å². The van der Waals surface area contributed by atoms with Gasteiger partial charge in [-0.3, -0.25) is 4.79 Å². The molecule has 0 saturated carbocycles. The average molecular weight is 147 g/mol. The second kappa shape index (κ2) is 2.71. The Morgan fingerprint density at radius 1 is 1.67 bits per heavy atom. The third-order valence-electron chi connectivity index (χ3n) is 0.612. The molecule has 9 heavy (non-hydrogen) atoms. The van der Waals surface area contributed by atoms with Crippen molar-refractivity contribution in [3.63, 3.8) is 0 Å². The molecule has 0 N–H and O–H groups in total. The Morgan fingerprint density at radius 2 is 2.11 bits per heavy atom. The zero-order chi connectivity index (χ0) is 7.49. The van der Waals surface area contributed by atoms with E-state index in [1.807, 2.05) is 0 Å². The van der Waals surface area contributed by atoms with E-state index in [2.05, 4.69) is 6.58 Å². The molecular weight excluding hydrogens is 140 g/mol. The summed E-state index contributed by atoms with van der Waals surface area (Å²) in [7, 11) is -3.42. The highest BCUT2D eigenvalue weighted by molar-refractivity contribution is 7.94. The molecule has 0 saturated heterocycles. The van der Waals surface area contributed by atoms with Crippen LogP contribution in [-0.2, 0) is 14.6 Å². The van der Waals surface area contributed by atoms with Gasteiger partial charge in [0.2, 0.25) is 16.4 Å². The van der Waals surface area contributed by atoms with E-state index >= 15 is 0 Å². The molecule has 0 aromatic rings. The minimum atomic E-state index is -3.42. The van der Waals surface area contributed by atoms with E-state index in [-0.39, 0.29) is 0 Å². The molecule has 0 aliphatic heterocycles. The van der Waals surface area contributed by atoms with E-state index in [0.29, 0.717) is 5.41 Å². The summed E-state index contributed by atoms with van der Waals surface area (Å²) in [6.07, 6.45) is 0. The summed E-state index contributed by atoms with van der Waals surface area (Å²) >= 11 is 0. The molecule has 0 unspecified atom stereocenters. The van der Waals surface area contributed by atoms with Crippen molar-refractivity contribution in [2.45, 2.75) is 6.92 Å². The smallest absolute Gasteiger partial charge is 0.264 e. The Morgan fingerprint density at radius 3 is 2.22 bits per heavy atom. The lowest BCUT2D eigenvalue weighted by Crippen LogP contribution is -2.09. The van der Waals surface area contributed by atoms with Crippen LogP contribution in [0.5, 0.6) is 0 Å². The van der Waals surface area contributed by atoms with Gasteiger partial charge in [-0.2, -0.15) is 0 Å². The maximum absolute atomic E-state index is 10.4. The molecule has 0 aliphatic carbocycles. The van der Waals surface area contributed by atoms with Crippen LogP contribution in [0.3, 0.4) is 0 Å². The van der Waals surface area contributed by atoms with Crippen LogP contribution in [0.15, 0.2) is 5.41 Å². The fraction of sp³-hybridized carbons (Fsp3) is 0.400. The lowest BCUT2D eigenvalue weighted by Gasteiger charge is -1.85. The van der Waals surface area contributed by atoms with Crippen LogP contribution in [0.2, 0.25) is 0 Å². The summed E-state index contributed by atoms with van der Waals surface area (Å²) in [6.45, 7) is 5.88. The molecule has 0 bridgehead atoms. The second-order valence-electron chi connectivity index (χ2n) is 1.65. The first-order valence-electron chi connectivity index (χ1n) is 2.25. The SMILES string of the molecule is [CH+]=CS(=O)(=O)CC(C)=O. The number of hydrogen-bond donors (Lipinski definition) is 0. The number of carbonyl (C=O) groups excluding carboxylic acids is 1. The number of ketones is 1. The number of hydrogen-bond acceptors (Lipinski definition) is 3. The quantitative estimate of drug-likeness (QED) is 0.525. The summed E-state index contributed by atoms with van der Waals surface area (Å²) < 4.78 is 20.8. The molecule has 3 nitrogen and oxygen atoms in total. The van der Waals surface area contributed by atoms with Gasteiger partial charge in [-0.15, -0.1) is 0 Å². The fourth-order valence-corrected chi connectivity index (χ4v) is 0.994. The van der Waals surface area contributed by atoms with E-state index in [4.69, 9.17) is 0 Å². The highest BCUT2D eigenvalue weighted by Gasteiger charge is 2.11. The van der Waals surface area contributed by atoms with Gasteiger partial charge in [0.1, 0.15) is 11.5 Å². The van der Waals surface area contributed by atoms with Gasteiger partial charge in [-0.1, -0.05) is 0 Å². The largest absolute Gasteiger partial charge is 0.299 e. The molecule has 0 heterocycles. The Kier molecular flexibility index (Phi) is 2.49. The molecule has 0 radical (unpaired) electrons. The molecule has 0 fully saturated rings. The number of Topliss-reactive ketones (excluding diaryl/α,β-unsaturated/α-hetero) is 1. The van der Waals surface area contributed by atoms with Gasteiger partial charge in [-0.25, -0.2) is 8.42 Å². The van der Waals surface area contributed by atoms with Crippen LogP contribution in [0.4, 0.5) is 0 Å². The minimum Gasteiger partial charge on any atom is -0.299 e. The molecule has 0 amide bonds. The van der Waals surface area contributed by atoms with Crippen molar-refractivity contribution >= 4 is 15.6 Å². The maximum atomic E-state index is 10.4. The highest BCUT2D eigenvalue weighted by atomic mass is 32.2. The van der Waals surface area contributed by atoms with Crippen molar-refractivity contribution in [1.82, 2.24) is 0 Å². The predicted molar refractivity (Wildman–Crippen MR) is 33.3 cm³/mol. The molecule has 0 spiro atoms. The van der Waals surface area contributed by atoms with E-state index in [0.717, 1.165) is 0 Å². The fourth-order valence-electron chi connectivity index (χ4n) is 0.331. The van der Waals surface area contributed by atoms with Crippen LogP contribution >= 0.6 is 0 Å². The average Bonchev–Trinajstić information content (AvgIpc) is 1.63. The summed E-state index contributed by atoms with van der Waals surface area (Å²) in [6, 6.07) is 0. The summed E-state index contributed by atoms with van der Waals surface area (Å²) in [4.78, 5) is 10.2. The normalized spacial score (nSPS) is 10.7. The number of carbonyl (C=O) groups is 1. The van der Waals surface area contributed by atoms with Gasteiger partial charge < -0.3 is 0 Å². The van der Waals surface area contributed by atoms with Crippen LogP contribution in [0.25, 0.3) is 0 Å². The van der Waals surface area contributed by atoms with Gasteiger partial charge in [0.15, 0.2) is 0 Å². The number of sulfone groups is 1. The minimum absolute atomic E-state index is 0.406. The lowest BCUT2D eigenvalue weighted by molar-refractivity contribution is -0.114. The Balaban J connectivity index is 4.23. The van der Waals surface area contributed by atoms with Crippen LogP contribution in [0, 0.1) is 6.58 Å². The molecule has 0 atom stereocenters. The number of rotatable bonds is 3. The van der Waals surface area contributed by atoms with Crippen molar-refractivity contribution in [1.29, 1.82) is 0 Å². The van der Waals surface area contributed by atoms with E-state index < -0.39 is 21.4 Å². The topological polar surface area (TPSA) is 51.2 Å². The van der Waals surface area contributed by atoms with Crippen molar-refractivity contribution < 1.29 is 13.2 Å². The van der Waals surface area contributed by atoms with Crippen LogP contribution < -0.4 is 0 Å². The van der Waals surface area contributed by atoms with Crippen molar-refractivity contribution in [3.8, 4) is 0 Å². The van der Waals surface area contributed by atoms with Gasteiger partial charge in [0.25, 0.3) is 5.41 Å². The van der Waals surface area contributed by atoms with Gasteiger partial charge in [0, 0.05) is 0 Å². The van der Waals surface area contributed by atoms with Crippen molar-refractivity contribution in [3.05, 3.63) is 12.0 Å². The monoisotopic (exact) mass is 147 g/mol. The molecule has 4 heteroatoms. The van der Waals surface area contributed by atoms with Gasteiger partial charge in [-0.05, 0) is 6.92 Å². The zero-order valence-electron chi connectivity index (χ0n) is 4.99. The Bertz CT molecular complexity index is 212. The Hall–Kier alpha value is -0.730. The third-order valence-corrected chi connectivity index (χ3v) is 1.84.